The number of nitrogens with two attached hydrogens (primary N) is 1. The Balaban J connectivity index is 2.21. The summed E-state index contributed by atoms with van der Waals surface area (Å²) in [5.41, 5.74) is 5.50. The molecule has 0 bridgehead atoms. The number of rotatable bonds is 3. The molecule has 3 N–H and O–H groups in total. The number of carbonyl (C=O) groups is 1. The van der Waals surface area contributed by atoms with Crippen molar-refractivity contribution in [1.82, 2.24) is 0 Å². The normalized spacial score (nSPS) is 21.9. The van der Waals surface area contributed by atoms with Crippen molar-refractivity contribution in [3.8, 4) is 0 Å². The van der Waals surface area contributed by atoms with Gasteiger partial charge in [-0.1, -0.05) is 12.2 Å². The topological polar surface area (TPSA) is 89.3 Å². The molecule has 2 unspecified atom stereocenters. The summed E-state index contributed by atoms with van der Waals surface area (Å²) in [5, 5.41) is 2.40. The first-order valence-electron chi connectivity index (χ1n) is 6.02. The number of hydrogen-bond acceptors (Lipinski definition) is 4. The van der Waals surface area contributed by atoms with E-state index in [0.29, 0.717) is 6.42 Å². The summed E-state index contributed by atoms with van der Waals surface area (Å²) >= 11 is 0. The molecule has 1 amide bonds. The molecule has 5 nitrogen and oxygen atoms in total. The van der Waals surface area contributed by atoms with Crippen molar-refractivity contribution in [2.45, 2.75) is 17.4 Å². The van der Waals surface area contributed by atoms with Gasteiger partial charge in [-0.15, -0.1) is 0 Å². The van der Waals surface area contributed by atoms with Crippen molar-refractivity contribution in [2.75, 3.05) is 11.6 Å². The molecule has 0 fully saturated rings. The molecule has 0 aliphatic heterocycles. The molecule has 1 aliphatic carbocycles. The van der Waals surface area contributed by atoms with E-state index in [1.165, 1.54) is 0 Å². The van der Waals surface area contributed by atoms with Gasteiger partial charge in [0.1, 0.15) is 5.82 Å². The van der Waals surface area contributed by atoms with Gasteiger partial charge in [0, 0.05) is 12.3 Å². The lowest BCUT2D eigenvalue weighted by molar-refractivity contribution is -0.118. The number of halogens is 1. The molecule has 1 aliphatic rings. The number of hydrogen-bond donors (Lipinski definition) is 2. The van der Waals surface area contributed by atoms with Crippen LogP contribution in [0.4, 0.5) is 10.1 Å². The van der Waals surface area contributed by atoms with E-state index >= 15 is 0 Å². The highest BCUT2D eigenvalue weighted by atomic mass is 32.2. The summed E-state index contributed by atoms with van der Waals surface area (Å²) in [6.45, 7) is 0. The minimum absolute atomic E-state index is 0.0483. The number of carbonyl (C=O) groups excluding carboxylic acids is 1. The fourth-order valence-corrected chi connectivity index (χ4v) is 2.63. The van der Waals surface area contributed by atoms with Gasteiger partial charge in [-0.2, -0.15) is 0 Å². The molecule has 2 atom stereocenters. The zero-order valence-electron chi connectivity index (χ0n) is 10.8. The third kappa shape index (κ3) is 3.23. The molecule has 0 saturated carbocycles. The van der Waals surface area contributed by atoms with Crippen LogP contribution in [0.5, 0.6) is 0 Å². The fourth-order valence-electron chi connectivity index (χ4n) is 1.98. The smallest absolute Gasteiger partial charge is 0.231 e. The van der Waals surface area contributed by atoms with Crippen LogP contribution in [0.1, 0.15) is 6.42 Å². The molecule has 1 aromatic carbocycles. The standard InChI is InChI=1S/C13H15FN2O3S/c1-20(18,19)10-4-5-11(14)12(7-10)16-13(17)8-2-3-9(15)6-8/h2-5,7-9H,6,15H2,1H3,(H,16,17). The monoisotopic (exact) mass is 298 g/mol. The van der Waals surface area contributed by atoms with Crippen molar-refractivity contribution < 1.29 is 17.6 Å². The Labute approximate surface area is 116 Å². The van der Waals surface area contributed by atoms with Crippen molar-refractivity contribution in [3.63, 3.8) is 0 Å². The second kappa shape index (κ2) is 5.34. The molecule has 1 aromatic rings. The van der Waals surface area contributed by atoms with Gasteiger partial charge < -0.3 is 11.1 Å². The van der Waals surface area contributed by atoms with E-state index in [1.54, 1.807) is 12.2 Å². The zero-order chi connectivity index (χ0) is 14.9. The number of amides is 1. The maximum atomic E-state index is 13.6. The van der Waals surface area contributed by atoms with E-state index in [1.807, 2.05) is 0 Å². The van der Waals surface area contributed by atoms with Crippen LogP contribution in [0, 0.1) is 11.7 Å². The number of anilines is 1. The van der Waals surface area contributed by atoms with Crippen molar-refractivity contribution in [2.24, 2.45) is 11.7 Å². The average Bonchev–Trinajstić information content (AvgIpc) is 2.77. The van der Waals surface area contributed by atoms with E-state index in [-0.39, 0.29) is 16.6 Å². The molecule has 0 saturated heterocycles. The largest absolute Gasteiger partial charge is 0.324 e. The van der Waals surface area contributed by atoms with Gasteiger partial charge in [-0.3, -0.25) is 4.79 Å². The summed E-state index contributed by atoms with van der Waals surface area (Å²) in [7, 11) is -3.46. The van der Waals surface area contributed by atoms with Gasteiger partial charge in [0.05, 0.1) is 16.5 Å². The van der Waals surface area contributed by atoms with Crippen LogP contribution in [0.25, 0.3) is 0 Å². The average molecular weight is 298 g/mol. The van der Waals surface area contributed by atoms with Crippen molar-refractivity contribution >= 4 is 21.4 Å². The number of sulfone groups is 1. The fraction of sp³-hybridized carbons (Fsp3) is 0.308. The third-order valence-electron chi connectivity index (χ3n) is 3.08. The quantitative estimate of drug-likeness (QED) is 0.645. The van der Waals surface area contributed by atoms with Crippen molar-refractivity contribution in [1.29, 1.82) is 0 Å². The Bertz CT molecular complexity index is 670. The molecule has 0 spiro atoms. The summed E-state index contributed by atoms with van der Waals surface area (Å²) in [6.07, 6.45) is 4.86. The van der Waals surface area contributed by atoms with Crippen LogP contribution in [0.3, 0.4) is 0 Å². The van der Waals surface area contributed by atoms with Crippen LogP contribution in [0.15, 0.2) is 35.2 Å². The van der Waals surface area contributed by atoms with Crippen LogP contribution in [0.2, 0.25) is 0 Å². The molecule has 0 radical (unpaired) electrons. The molecular weight excluding hydrogens is 283 g/mol. The Morgan fingerprint density at radius 1 is 1.40 bits per heavy atom. The van der Waals surface area contributed by atoms with E-state index in [9.17, 15) is 17.6 Å². The minimum atomic E-state index is -3.46. The first-order chi connectivity index (χ1) is 9.27. The summed E-state index contributed by atoms with van der Waals surface area (Å²) in [5.74, 6) is -1.51. The summed E-state index contributed by atoms with van der Waals surface area (Å²) in [6, 6.07) is 3.10. The Kier molecular flexibility index (Phi) is 3.92. The van der Waals surface area contributed by atoms with Crippen LogP contribution in [-0.2, 0) is 14.6 Å². The Morgan fingerprint density at radius 3 is 2.65 bits per heavy atom. The predicted octanol–water partition coefficient (Wildman–Crippen LogP) is 1.07. The first-order valence-corrected chi connectivity index (χ1v) is 7.91. The van der Waals surface area contributed by atoms with Gasteiger partial charge in [-0.05, 0) is 24.6 Å². The van der Waals surface area contributed by atoms with Crippen LogP contribution < -0.4 is 11.1 Å². The lowest BCUT2D eigenvalue weighted by atomic mass is 10.1. The predicted molar refractivity (Wildman–Crippen MR) is 73.4 cm³/mol. The second-order valence-corrected chi connectivity index (χ2v) is 6.81. The van der Waals surface area contributed by atoms with Crippen LogP contribution >= 0.6 is 0 Å². The van der Waals surface area contributed by atoms with Gasteiger partial charge in [0.2, 0.25) is 5.91 Å². The molecule has 0 aromatic heterocycles. The highest BCUT2D eigenvalue weighted by molar-refractivity contribution is 7.90. The second-order valence-electron chi connectivity index (χ2n) is 4.79. The minimum Gasteiger partial charge on any atom is -0.324 e. The summed E-state index contributed by atoms with van der Waals surface area (Å²) in [4.78, 5) is 11.9. The molecular formula is C13H15FN2O3S. The lowest BCUT2D eigenvalue weighted by Gasteiger charge is -2.12. The van der Waals surface area contributed by atoms with Gasteiger partial charge in [0.25, 0.3) is 0 Å². The summed E-state index contributed by atoms with van der Waals surface area (Å²) < 4.78 is 36.5. The van der Waals surface area contributed by atoms with Gasteiger partial charge >= 0.3 is 0 Å². The highest BCUT2D eigenvalue weighted by Crippen LogP contribution is 2.23. The number of benzene rings is 1. The van der Waals surface area contributed by atoms with Crippen LogP contribution in [-0.4, -0.2) is 26.6 Å². The van der Waals surface area contributed by atoms with Crippen molar-refractivity contribution in [3.05, 3.63) is 36.2 Å². The van der Waals surface area contributed by atoms with Gasteiger partial charge in [0.15, 0.2) is 9.84 Å². The maximum absolute atomic E-state index is 13.6. The van der Waals surface area contributed by atoms with E-state index < -0.39 is 27.5 Å². The number of nitrogens with one attached hydrogen (secondary N) is 1. The molecule has 108 valence electrons. The van der Waals surface area contributed by atoms with E-state index in [0.717, 1.165) is 24.5 Å². The zero-order valence-corrected chi connectivity index (χ0v) is 11.7. The van der Waals surface area contributed by atoms with E-state index in [2.05, 4.69) is 5.32 Å². The molecule has 0 heterocycles. The Morgan fingerprint density at radius 2 is 2.10 bits per heavy atom. The van der Waals surface area contributed by atoms with Gasteiger partial charge in [-0.25, -0.2) is 12.8 Å². The molecule has 2 rings (SSSR count). The Hall–Kier alpha value is -1.73. The maximum Gasteiger partial charge on any atom is 0.231 e. The highest BCUT2D eigenvalue weighted by Gasteiger charge is 2.23. The SMILES string of the molecule is CS(=O)(=O)c1ccc(F)c(NC(=O)C2C=CC(N)C2)c1. The third-order valence-corrected chi connectivity index (χ3v) is 4.19. The molecule has 20 heavy (non-hydrogen) atoms. The first kappa shape index (κ1) is 14.7. The molecule has 7 heteroatoms. The lowest BCUT2D eigenvalue weighted by Crippen LogP contribution is -2.24. The van der Waals surface area contributed by atoms with E-state index in [4.69, 9.17) is 5.73 Å².